The van der Waals surface area contributed by atoms with Crippen LogP contribution in [-0.2, 0) is 14.6 Å². The zero-order valence-corrected chi connectivity index (χ0v) is 8.77. The summed E-state index contributed by atoms with van der Waals surface area (Å²) in [5.41, 5.74) is 0. The van der Waals surface area contributed by atoms with Crippen molar-refractivity contribution >= 4 is 9.84 Å². The Hall–Kier alpha value is -0.130. The Morgan fingerprint density at radius 2 is 2.31 bits per heavy atom. The lowest BCUT2D eigenvalue weighted by Gasteiger charge is -2.09. The summed E-state index contributed by atoms with van der Waals surface area (Å²) < 4.78 is 27.6. The Labute approximate surface area is 79.6 Å². The number of nitrogens with one attached hydrogen (secondary N) is 1. The molecule has 1 unspecified atom stereocenters. The van der Waals surface area contributed by atoms with Gasteiger partial charge in [-0.1, -0.05) is 6.92 Å². The van der Waals surface area contributed by atoms with Gasteiger partial charge in [0.25, 0.3) is 0 Å². The molecular weight excluding hydrogens is 190 g/mol. The van der Waals surface area contributed by atoms with Crippen LogP contribution in [0.15, 0.2) is 0 Å². The maximum absolute atomic E-state index is 11.1. The maximum atomic E-state index is 11.1. The molecule has 1 heterocycles. The van der Waals surface area contributed by atoms with Crippen molar-refractivity contribution in [1.29, 1.82) is 0 Å². The molecule has 0 aliphatic carbocycles. The highest BCUT2D eigenvalue weighted by atomic mass is 32.2. The van der Waals surface area contributed by atoms with Gasteiger partial charge in [0.1, 0.15) is 0 Å². The predicted molar refractivity (Wildman–Crippen MR) is 51.6 cm³/mol. The van der Waals surface area contributed by atoms with E-state index in [1.807, 2.05) is 0 Å². The van der Waals surface area contributed by atoms with Gasteiger partial charge in [0.2, 0.25) is 0 Å². The fourth-order valence-electron chi connectivity index (χ4n) is 1.26. The van der Waals surface area contributed by atoms with Gasteiger partial charge in [-0.15, -0.1) is 0 Å². The lowest BCUT2D eigenvalue weighted by molar-refractivity contribution is 0.0788. The lowest BCUT2D eigenvalue weighted by Crippen LogP contribution is -2.21. The van der Waals surface area contributed by atoms with Crippen molar-refractivity contribution in [2.45, 2.75) is 19.4 Å². The predicted octanol–water partition coefficient (Wildman–Crippen LogP) is -0.200. The molecule has 1 N–H and O–H groups in total. The van der Waals surface area contributed by atoms with Gasteiger partial charge in [-0.3, -0.25) is 0 Å². The Kier molecular flexibility index (Phi) is 4.15. The topological polar surface area (TPSA) is 55.4 Å². The minimum Gasteiger partial charge on any atom is -0.376 e. The van der Waals surface area contributed by atoms with E-state index in [9.17, 15) is 8.42 Å². The molecule has 1 saturated heterocycles. The van der Waals surface area contributed by atoms with Gasteiger partial charge < -0.3 is 10.1 Å². The minimum atomic E-state index is -2.86. The molecule has 0 radical (unpaired) electrons. The zero-order valence-electron chi connectivity index (χ0n) is 7.95. The Balaban J connectivity index is 2.13. The number of sulfone groups is 1. The second-order valence-electron chi connectivity index (χ2n) is 3.22. The van der Waals surface area contributed by atoms with E-state index in [2.05, 4.69) is 5.32 Å². The summed E-state index contributed by atoms with van der Waals surface area (Å²) in [5, 5.41) is 3.16. The summed E-state index contributed by atoms with van der Waals surface area (Å²) in [6, 6.07) is 0. The summed E-state index contributed by atoms with van der Waals surface area (Å²) >= 11 is 0. The molecule has 1 aliphatic heterocycles. The molecule has 0 saturated carbocycles. The minimum absolute atomic E-state index is 0.153. The fourth-order valence-corrected chi connectivity index (χ4v) is 1.90. The largest absolute Gasteiger partial charge is 0.376 e. The first kappa shape index (κ1) is 10.9. The van der Waals surface area contributed by atoms with Crippen molar-refractivity contribution in [2.75, 3.05) is 31.2 Å². The maximum Gasteiger partial charge on any atom is 0.152 e. The van der Waals surface area contributed by atoms with E-state index in [1.54, 1.807) is 6.92 Å². The second-order valence-corrected chi connectivity index (χ2v) is 5.69. The SMILES string of the molecule is CCS(=O)(=O)CCOC1CCNC1. The molecule has 0 aromatic rings. The highest BCUT2D eigenvalue weighted by Gasteiger charge is 2.15. The smallest absolute Gasteiger partial charge is 0.152 e. The quantitative estimate of drug-likeness (QED) is 0.678. The molecule has 0 aromatic carbocycles. The van der Waals surface area contributed by atoms with Gasteiger partial charge in [-0.05, 0) is 13.0 Å². The molecular formula is C8H17NO3S. The molecule has 0 bridgehead atoms. The van der Waals surface area contributed by atoms with E-state index >= 15 is 0 Å². The number of ether oxygens (including phenoxy) is 1. The molecule has 0 aromatic heterocycles. The van der Waals surface area contributed by atoms with Gasteiger partial charge in [-0.2, -0.15) is 0 Å². The summed E-state index contributed by atoms with van der Waals surface area (Å²) in [6.45, 7) is 3.83. The van der Waals surface area contributed by atoms with Gasteiger partial charge in [0.05, 0.1) is 18.5 Å². The third-order valence-corrected chi connectivity index (χ3v) is 3.87. The van der Waals surface area contributed by atoms with Crippen LogP contribution in [0.2, 0.25) is 0 Å². The van der Waals surface area contributed by atoms with Crippen molar-refractivity contribution in [1.82, 2.24) is 5.32 Å². The van der Waals surface area contributed by atoms with E-state index in [0.29, 0.717) is 6.61 Å². The molecule has 4 nitrogen and oxygen atoms in total. The van der Waals surface area contributed by atoms with Crippen LogP contribution in [0.4, 0.5) is 0 Å². The first-order valence-electron chi connectivity index (χ1n) is 4.67. The molecule has 5 heteroatoms. The van der Waals surface area contributed by atoms with E-state index < -0.39 is 9.84 Å². The normalized spacial score (nSPS) is 23.6. The Morgan fingerprint density at radius 1 is 1.54 bits per heavy atom. The van der Waals surface area contributed by atoms with Gasteiger partial charge in [0.15, 0.2) is 9.84 Å². The molecule has 1 aliphatic rings. The average Bonchev–Trinajstić information content (AvgIpc) is 2.57. The van der Waals surface area contributed by atoms with Crippen LogP contribution in [0.1, 0.15) is 13.3 Å². The van der Waals surface area contributed by atoms with E-state index in [-0.39, 0.29) is 17.6 Å². The van der Waals surface area contributed by atoms with Crippen LogP contribution >= 0.6 is 0 Å². The zero-order chi connectivity index (χ0) is 9.73. The molecule has 1 rings (SSSR count). The highest BCUT2D eigenvalue weighted by Crippen LogP contribution is 2.03. The standard InChI is InChI=1S/C8H17NO3S/c1-2-13(10,11)6-5-12-8-3-4-9-7-8/h8-9H,2-7H2,1H3. The Bertz CT molecular complexity index is 232. The molecule has 0 amide bonds. The van der Waals surface area contributed by atoms with Gasteiger partial charge in [0, 0.05) is 12.3 Å². The molecule has 1 fully saturated rings. The number of rotatable bonds is 5. The molecule has 78 valence electrons. The summed E-state index contributed by atoms with van der Waals surface area (Å²) in [6.07, 6.45) is 1.21. The summed E-state index contributed by atoms with van der Waals surface area (Å²) in [7, 11) is -2.86. The third kappa shape index (κ3) is 4.06. The van der Waals surface area contributed by atoms with Crippen molar-refractivity contribution < 1.29 is 13.2 Å². The summed E-state index contributed by atoms with van der Waals surface area (Å²) in [4.78, 5) is 0. The molecule has 13 heavy (non-hydrogen) atoms. The van der Waals surface area contributed by atoms with Crippen LogP contribution < -0.4 is 5.32 Å². The first-order chi connectivity index (χ1) is 6.14. The second kappa shape index (κ2) is 4.93. The van der Waals surface area contributed by atoms with E-state index in [1.165, 1.54) is 0 Å². The van der Waals surface area contributed by atoms with Gasteiger partial charge in [-0.25, -0.2) is 8.42 Å². The highest BCUT2D eigenvalue weighted by molar-refractivity contribution is 7.91. The first-order valence-corrected chi connectivity index (χ1v) is 6.49. The van der Waals surface area contributed by atoms with Crippen molar-refractivity contribution in [3.05, 3.63) is 0 Å². The van der Waals surface area contributed by atoms with E-state index in [4.69, 9.17) is 4.74 Å². The number of hydrogen-bond donors (Lipinski definition) is 1. The third-order valence-electron chi connectivity index (χ3n) is 2.20. The van der Waals surface area contributed by atoms with Crippen molar-refractivity contribution in [3.8, 4) is 0 Å². The van der Waals surface area contributed by atoms with Crippen molar-refractivity contribution in [3.63, 3.8) is 0 Å². The Morgan fingerprint density at radius 3 is 2.85 bits per heavy atom. The van der Waals surface area contributed by atoms with Crippen molar-refractivity contribution in [2.24, 2.45) is 0 Å². The van der Waals surface area contributed by atoms with Crippen LogP contribution in [0, 0.1) is 0 Å². The lowest BCUT2D eigenvalue weighted by atomic mass is 10.3. The molecule has 1 atom stereocenters. The van der Waals surface area contributed by atoms with Crippen LogP contribution in [0.25, 0.3) is 0 Å². The fraction of sp³-hybridized carbons (Fsp3) is 1.00. The molecule has 0 spiro atoms. The van der Waals surface area contributed by atoms with Crippen LogP contribution in [-0.4, -0.2) is 45.7 Å². The van der Waals surface area contributed by atoms with Crippen LogP contribution in [0.3, 0.4) is 0 Å². The monoisotopic (exact) mass is 207 g/mol. The van der Waals surface area contributed by atoms with E-state index in [0.717, 1.165) is 19.5 Å². The summed E-state index contributed by atoms with van der Waals surface area (Å²) in [5.74, 6) is 0.360. The average molecular weight is 207 g/mol. The van der Waals surface area contributed by atoms with Crippen LogP contribution in [0.5, 0.6) is 0 Å². The van der Waals surface area contributed by atoms with Gasteiger partial charge >= 0.3 is 0 Å². The number of hydrogen-bond acceptors (Lipinski definition) is 4.